The number of cyclic esters (lactones) is 1. The summed E-state index contributed by atoms with van der Waals surface area (Å²) in [5, 5.41) is 31.1. The lowest BCUT2D eigenvalue weighted by atomic mass is 10.1. The Labute approximate surface area is 210 Å². The van der Waals surface area contributed by atoms with Gasteiger partial charge < -0.3 is 19.8 Å². The van der Waals surface area contributed by atoms with Crippen molar-refractivity contribution in [3.63, 3.8) is 0 Å². The van der Waals surface area contributed by atoms with E-state index in [0.717, 1.165) is 5.01 Å². The van der Waals surface area contributed by atoms with E-state index < -0.39 is 36.6 Å². The van der Waals surface area contributed by atoms with Gasteiger partial charge in [0.2, 0.25) is 0 Å². The van der Waals surface area contributed by atoms with Gasteiger partial charge in [-0.15, -0.1) is 5.10 Å². The smallest absolute Gasteiger partial charge is 0.414 e. The zero-order chi connectivity index (χ0) is 25.9. The van der Waals surface area contributed by atoms with Crippen LogP contribution in [-0.4, -0.2) is 92.0 Å². The highest BCUT2D eigenvalue weighted by molar-refractivity contribution is 5.90. The van der Waals surface area contributed by atoms with Crippen molar-refractivity contribution in [2.45, 2.75) is 18.8 Å². The minimum atomic E-state index is -1.51. The highest BCUT2D eigenvalue weighted by Gasteiger charge is 2.33. The number of aliphatic hydroxyl groups excluding tert-OH is 2. The molecule has 0 radical (unpaired) electrons. The number of hydrazone groups is 1. The molecule has 1 unspecified atom stereocenters. The molecule has 2 amide bonds. The van der Waals surface area contributed by atoms with Crippen LogP contribution in [0.2, 0.25) is 0 Å². The van der Waals surface area contributed by atoms with E-state index in [-0.39, 0.29) is 13.1 Å². The number of aliphatic hydroxyl groups is 2. The van der Waals surface area contributed by atoms with Gasteiger partial charge in [0.1, 0.15) is 24.1 Å². The number of rotatable bonds is 7. The molecule has 14 heteroatoms. The minimum Gasteiger partial charge on any atom is -0.442 e. The Morgan fingerprint density at radius 3 is 2.76 bits per heavy atom. The molecule has 1 aromatic carbocycles. The Morgan fingerprint density at radius 2 is 2.11 bits per heavy atom. The van der Waals surface area contributed by atoms with Gasteiger partial charge in [0.25, 0.3) is 5.91 Å². The van der Waals surface area contributed by atoms with Crippen molar-refractivity contribution in [2.24, 2.45) is 5.10 Å². The first-order valence-electron chi connectivity index (χ1n) is 11.4. The van der Waals surface area contributed by atoms with Crippen LogP contribution in [-0.2, 0) is 16.1 Å². The van der Waals surface area contributed by atoms with Gasteiger partial charge in [-0.2, -0.15) is 5.10 Å². The third-order valence-corrected chi connectivity index (χ3v) is 5.95. The molecule has 2 atom stereocenters. The van der Waals surface area contributed by atoms with E-state index in [4.69, 9.17) is 9.84 Å². The van der Waals surface area contributed by atoms with Gasteiger partial charge in [-0.1, -0.05) is 5.21 Å². The summed E-state index contributed by atoms with van der Waals surface area (Å²) in [6, 6.07) is 7.92. The highest BCUT2D eigenvalue weighted by Crippen LogP contribution is 2.30. The van der Waals surface area contributed by atoms with Crippen LogP contribution in [0.4, 0.5) is 20.7 Å². The number of anilines is 2. The molecule has 3 aromatic rings. The van der Waals surface area contributed by atoms with Crippen LogP contribution in [0.3, 0.4) is 0 Å². The fourth-order valence-corrected chi connectivity index (χ4v) is 4.02. The summed E-state index contributed by atoms with van der Waals surface area (Å²) in [5.74, 6) is -0.665. The average molecular weight is 510 g/mol. The van der Waals surface area contributed by atoms with Gasteiger partial charge >= 0.3 is 6.09 Å². The van der Waals surface area contributed by atoms with Crippen molar-refractivity contribution < 1.29 is 28.9 Å². The summed E-state index contributed by atoms with van der Waals surface area (Å²) in [4.78, 5) is 31.7. The minimum absolute atomic E-state index is 0.199. The van der Waals surface area contributed by atoms with Crippen LogP contribution >= 0.6 is 0 Å². The average Bonchev–Trinajstić information content (AvgIpc) is 3.57. The summed E-state index contributed by atoms with van der Waals surface area (Å²) < 4.78 is 22.0. The molecule has 4 heterocycles. The maximum Gasteiger partial charge on any atom is 0.414 e. The van der Waals surface area contributed by atoms with Gasteiger partial charge in [-0.05, 0) is 30.3 Å². The summed E-state index contributed by atoms with van der Waals surface area (Å²) in [6.45, 7) is 0.494. The van der Waals surface area contributed by atoms with Crippen LogP contribution in [0.15, 0.2) is 54.0 Å². The van der Waals surface area contributed by atoms with Gasteiger partial charge in [0.05, 0.1) is 38.1 Å². The molecule has 0 bridgehead atoms. The first-order valence-corrected chi connectivity index (χ1v) is 11.4. The number of nitrogens with zero attached hydrogens (tertiary/aromatic N) is 8. The van der Waals surface area contributed by atoms with Gasteiger partial charge in [0, 0.05) is 30.1 Å². The number of hydrogen-bond donors (Lipinski definition) is 2. The number of halogens is 1. The lowest BCUT2D eigenvalue weighted by molar-refractivity contribution is -0.142. The Morgan fingerprint density at radius 1 is 1.24 bits per heavy atom. The molecule has 2 aromatic heterocycles. The quantitative estimate of drug-likeness (QED) is 0.462. The number of benzene rings is 1. The second kappa shape index (κ2) is 10.3. The monoisotopic (exact) mass is 510 g/mol. The Bertz CT molecular complexity index is 1300. The van der Waals surface area contributed by atoms with Crippen molar-refractivity contribution in [2.75, 3.05) is 36.0 Å². The standard InChI is InChI=1S/C23H23FN8O5/c24-19-9-16(31-12-17(37-23(31)36)11-30-6-5-26-28-30)2-3-18(19)15-1-4-21(25-10-15)29-7-8-32(27-14-29)22(35)20(34)13-33/h1-6,9-10,14,17,20,33-34H,7-8,11-13H2/t17-,20?/m0/s1. The number of aromatic nitrogens is 4. The maximum absolute atomic E-state index is 15.1. The number of hydrogen-bond acceptors (Lipinski definition) is 10. The molecule has 5 rings (SSSR count). The van der Waals surface area contributed by atoms with Crippen molar-refractivity contribution in [3.8, 4) is 11.1 Å². The molecule has 192 valence electrons. The first-order chi connectivity index (χ1) is 17.9. The normalized spacial score (nSPS) is 18.3. The highest BCUT2D eigenvalue weighted by atomic mass is 19.1. The summed E-state index contributed by atoms with van der Waals surface area (Å²) >= 11 is 0. The molecular formula is C23H23FN8O5. The lowest BCUT2D eigenvalue weighted by Gasteiger charge is -2.28. The predicted molar refractivity (Wildman–Crippen MR) is 128 cm³/mol. The van der Waals surface area contributed by atoms with E-state index in [1.807, 2.05) is 0 Å². The van der Waals surface area contributed by atoms with Gasteiger partial charge in [-0.25, -0.2) is 23.9 Å². The Hall–Kier alpha value is -4.43. The van der Waals surface area contributed by atoms with Crippen molar-refractivity contribution in [1.29, 1.82) is 0 Å². The van der Waals surface area contributed by atoms with E-state index in [0.29, 0.717) is 35.7 Å². The SMILES string of the molecule is O=C(C(O)CO)N1CCN(c2ccc(-c3ccc(N4C[C@H](Cn5ccnn5)OC4=O)cc3F)cn2)C=N1. The number of ether oxygens (including phenoxy) is 1. The molecule has 0 aliphatic carbocycles. The van der Waals surface area contributed by atoms with Gasteiger partial charge in [-0.3, -0.25) is 9.69 Å². The molecule has 1 saturated heterocycles. The first kappa shape index (κ1) is 24.3. The molecule has 0 saturated carbocycles. The van der Waals surface area contributed by atoms with Crippen LogP contribution in [0, 0.1) is 5.82 Å². The van der Waals surface area contributed by atoms with E-state index >= 15 is 4.39 Å². The number of carbonyl (C=O) groups is 2. The summed E-state index contributed by atoms with van der Waals surface area (Å²) in [7, 11) is 0. The lowest BCUT2D eigenvalue weighted by Crippen LogP contribution is -2.45. The van der Waals surface area contributed by atoms with Crippen molar-refractivity contribution >= 4 is 29.8 Å². The Kier molecular flexibility index (Phi) is 6.74. The van der Waals surface area contributed by atoms with Gasteiger partial charge in [0.15, 0.2) is 6.10 Å². The maximum atomic E-state index is 15.1. The molecule has 2 aliphatic rings. The van der Waals surface area contributed by atoms with E-state index in [2.05, 4.69) is 20.4 Å². The van der Waals surface area contributed by atoms with Crippen LogP contribution < -0.4 is 9.80 Å². The largest absolute Gasteiger partial charge is 0.442 e. The van der Waals surface area contributed by atoms with Crippen molar-refractivity contribution in [1.82, 2.24) is 25.0 Å². The second-order valence-corrected chi connectivity index (χ2v) is 8.39. The van der Waals surface area contributed by atoms with Crippen LogP contribution in [0.5, 0.6) is 0 Å². The predicted octanol–water partition coefficient (Wildman–Crippen LogP) is 0.450. The molecule has 2 N–H and O–H groups in total. The third kappa shape index (κ3) is 5.10. The Balaban J connectivity index is 1.25. The molecule has 37 heavy (non-hydrogen) atoms. The zero-order valence-corrected chi connectivity index (χ0v) is 19.5. The number of pyridine rings is 1. The van der Waals surface area contributed by atoms with Crippen LogP contribution in [0.25, 0.3) is 11.1 Å². The zero-order valence-electron chi connectivity index (χ0n) is 19.5. The molecular weight excluding hydrogens is 487 g/mol. The molecule has 13 nitrogen and oxygen atoms in total. The van der Waals surface area contributed by atoms with Crippen molar-refractivity contribution in [3.05, 3.63) is 54.7 Å². The fourth-order valence-electron chi connectivity index (χ4n) is 4.02. The van der Waals surface area contributed by atoms with E-state index in [1.54, 1.807) is 40.0 Å². The fraction of sp³-hybridized carbons (Fsp3) is 0.304. The summed E-state index contributed by atoms with van der Waals surface area (Å²) in [6.07, 6.45) is 3.62. The third-order valence-electron chi connectivity index (χ3n) is 5.95. The van der Waals surface area contributed by atoms with E-state index in [1.165, 1.54) is 29.7 Å². The van der Waals surface area contributed by atoms with E-state index in [9.17, 15) is 14.7 Å². The number of amides is 2. The molecule has 1 fully saturated rings. The topological polar surface area (TPSA) is 150 Å². The molecule has 2 aliphatic heterocycles. The summed E-state index contributed by atoms with van der Waals surface area (Å²) in [5.41, 5.74) is 1.24. The second-order valence-electron chi connectivity index (χ2n) is 8.39. The molecule has 0 spiro atoms. The van der Waals surface area contributed by atoms with Crippen LogP contribution in [0.1, 0.15) is 0 Å². The number of carbonyl (C=O) groups excluding carboxylic acids is 2.